The highest BCUT2D eigenvalue weighted by Gasteiger charge is 2.15. The zero-order chi connectivity index (χ0) is 20.1. The molecule has 0 saturated heterocycles. The molecule has 1 atom stereocenters. The van der Waals surface area contributed by atoms with Crippen LogP contribution in [0.4, 0.5) is 0 Å². The lowest BCUT2D eigenvalue weighted by Crippen LogP contribution is -2.26. The Balaban J connectivity index is 1.34. The first kappa shape index (κ1) is 18.9. The molecule has 0 bridgehead atoms. The molecular weight excluding hydrogens is 384 g/mol. The minimum atomic E-state index is -0.214. The van der Waals surface area contributed by atoms with Crippen molar-refractivity contribution in [3.05, 3.63) is 89.2 Å². The number of ether oxygens (including phenoxy) is 1. The third-order valence-corrected chi connectivity index (χ3v) is 5.36. The van der Waals surface area contributed by atoms with Crippen molar-refractivity contribution in [3.63, 3.8) is 0 Å². The van der Waals surface area contributed by atoms with E-state index in [1.54, 1.807) is 29.8 Å². The van der Waals surface area contributed by atoms with Crippen LogP contribution in [-0.2, 0) is 6.61 Å². The fourth-order valence-electron chi connectivity index (χ4n) is 2.85. The zero-order valence-electron chi connectivity index (χ0n) is 15.8. The Hall–Kier alpha value is -3.45. The van der Waals surface area contributed by atoms with Crippen LogP contribution in [-0.4, -0.2) is 21.1 Å². The number of pyridine rings is 1. The van der Waals surface area contributed by atoms with E-state index in [4.69, 9.17) is 4.74 Å². The Morgan fingerprint density at radius 1 is 1.21 bits per heavy atom. The van der Waals surface area contributed by atoms with Crippen molar-refractivity contribution < 1.29 is 9.53 Å². The second kappa shape index (κ2) is 8.70. The van der Waals surface area contributed by atoms with Crippen molar-refractivity contribution in [2.45, 2.75) is 19.6 Å². The van der Waals surface area contributed by atoms with E-state index < -0.39 is 0 Å². The summed E-state index contributed by atoms with van der Waals surface area (Å²) in [5.74, 6) is 0.553. The molecule has 29 heavy (non-hydrogen) atoms. The van der Waals surface area contributed by atoms with Gasteiger partial charge in [-0.3, -0.25) is 14.9 Å². The van der Waals surface area contributed by atoms with Gasteiger partial charge in [-0.05, 0) is 48.2 Å². The number of hydrogen-bond acceptors (Lipinski definition) is 5. The molecule has 146 valence electrons. The van der Waals surface area contributed by atoms with Crippen molar-refractivity contribution in [2.75, 3.05) is 0 Å². The third kappa shape index (κ3) is 4.70. The summed E-state index contributed by atoms with van der Waals surface area (Å²) in [6.07, 6.45) is 3.52. The lowest BCUT2D eigenvalue weighted by Gasteiger charge is -2.14. The third-order valence-electron chi connectivity index (χ3n) is 4.45. The van der Waals surface area contributed by atoms with Crippen LogP contribution < -0.4 is 10.1 Å². The molecule has 1 aromatic carbocycles. The number of carbonyl (C=O) groups is 1. The maximum atomic E-state index is 12.5. The highest BCUT2D eigenvalue weighted by molar-refractivity contribution is 7.13. The summed E-state index contributed by atoms with van der Waals surface area (Å²) in [6.45, 7) is 2.40. The number of H-pyrrole nitrogens is 1. The Bertz CT molecular complexity index is 1060. The summed E-state index contributed by atoms with van der Waals surface area (Å²) < 4.78 is 5.77. The number of hydrogen-bond donors (Lipinski definition) is 2. The summed E-state index contributed by atoms with van der Waals surface area (Å²) in [5, 5.41) is 12.0. The molecule has 0 radical (unpaired) electrons. The molecule has 4 aromatic rings. The maximum absolute atomic E-state index is 12.5. The van der Waals surface area contributed by atoms with E-state index in [0.29, 0.717) is 12.3 Å². The van der Waals surface area contributed by atoms with E-state index in [9.17, 15) is 4.79 Å². The maximum Gasteiger partial charge on any atom is 0.272 e. The minimum absolute atomic E-state index is 0.156. The second-order valence-electron chi connectivity index (χ2n) is 6.56. The average Bonchev–Trinajstić information content (AvgIpc) is 3.45. The standard InChI is InChI=1S/C22H20N4O2S/c1-15(24-22(27)20-12-19(25-26-20)21-5-3-11-29-21)17-6-8-18(9-7-17)28-14-16-4-2-10-23-13-16/h2-13,15H,14H2,1H3,(H,24,27)(H,25,26). The van der Waals surface area contributed by atoms with Crippen LogP contribution in [0.15, 0.2) is 72.4 Å². The summed E-state index contributed by atoms with van der Waals surface area (Å²) in [6, 6.07) is 17.1. The Labute approximate surface area is 172 Å². The van der Waals surface area contributed by atoms with Crippen molar-refractivity contribution >= 4 is 17.2 Å². The fourth-order valence-corrected chi connectivity index (χ4v) is 3.55. The first-order valence-corrected chi connectivity index (χ1v) is 10.1. The van der Waals surface area contributed by atoms with Gasteiger partial charge in [0.1, 0.15) is 12.4 Å². The van der Waals surface area contributed by atoms with Gasteiger partial charge in [-0.15, -0.1) is 11.3 Å². The average molecular weight is 404 g/mol. The van der Waals surface area contributed by atoms with Crippen molar-refractivity contribution in [2.24, 2.45) is 0 Å². The normalized spacial score (nSPS) is 11.8. The molecule has 0 aliphatic carbocycles. The van der Waals surface area contributed by atoms with E-state index in [-0.39, 0.29) is 11.9 Å². The van der Waals surface area contributed by atoms with Crippen molar-refractivity contribution in [1.82, 2.24) is 20.5 Å². The van der Waals surface area contributed by atoms with E-state index in [1.807, 2.05) is 60.8 Å². The van der Waals surface area contributed by atoms with E-state index in [0.717, 1.165) is 27.4 Å². The van der Waals surface area contributed by atoms with Gasteiger partial charge in [-0.2, -0.15) is 5.10 Å². The van der Waals surface area contributed by atoms with E-state index in [1.165, 1.54) is 0 Å². The number of rotatable bonds is 7. The summed E-state index contributed by atoms with van der Waals surface area (Å²) in [4.78, 5) is 17.6. The molecule has 0 fully saturated rings. The van der Waals surface area contributed by atoms with E-state index >= 15 is 0 Å². The molecule has 0 aliphatic heterocycles. The van der Waals surface area contributed by atoms with Crippen molar-refractivity contribution in [3.8, 4) is 16.3 Å². The highest BCUT2D eigenvalue weighted by atomic mass is 32.1. The molecule has 1 unspecified atom stereocenters. The minimum Gasteiger partial charge on any atom is -0.489 e. The van der Waals surface area contributed by atoms with Crippen LogP contribution in [0.1, 0.15) is 34.6 Å². The Kier molecular flexibility index (Phi) is 5.67. The SMILES string of the molecule is CC(NC(=O)c1cc(-c2cccs2)[nH]n1)c1ccc(OCc2cccnc2)cc1. The molecule has 0 aliphatic rings. The van der Waals surface area contributed by atoms with Gasteiger partial charge in [0.25, 0.3) is 5.91 Å². The molecule has 6 nitrogen and oxygen atoms in total. The monoisotopic (exact) mass is 404 g/mol. The van der Waals surface area contributed by atoms with Gasteiger partial charge in [0.05, 0.1) is 16.6 Å². The molecular formula is C22H20N4O2S. The van der Waals surface area contributed by atoms with Crippen LogP contribution in [0.3, 0.4) is 0 Å². The Morgan fingerprint density at radius 3 is 2.79 bits per heavy atom. The van der Waals surface area contributed by atoms with Gasteiger partial charge < -0.3 is 10.1 Å². The van der Waals surface area contributed by atoms with Gasteiger partial charge in [-0.1, -0.05) is 24.3 Å². The van der Waals surface area contributed by atoms with Crippen LogP contribution in [0.2, 0.25) is 0 Å². The predicted molar refractivity (Wildman–Crippen MR) is 113 cm³/mol. The van der Waals surface area contributed by atoms with Gasteiger partial charge in [-0.25, -0.2) is 0 Å². The molecule has 0 spiro atoms. The molecule has 2 N–H and O–H groups in total. The van der Waals surface area contributed by atoms with Crippen LogP contribution in [0, 0.1) is 0 Å². The summed E-state index contributed by atoms with van der Waals surface area (Å²) in [7, 11) is 0. The van der Waals surface area contributed by atoms with Crippen LogP contribution in [0.5, 0.6) is 5.75 Å². The molecule has 1 amide bonds. The van der Waals surface area contributed by atoms with Crippen LogP contribution in [0.25, 0.3) is 10.6 Å². The fraction of sp³-hybridized carbons (Fsp3) is 0.136. The number of amides is 1. The number of nitrogens with zero attached hydrogens (tertiary/aromatic N) is 2. The van der Waals surface area contributed by atoms with E-state index in [2.05, 4.69) is 20.5 Å². The summed E-state index contributed by atoms with van der Waals surface area (Å²) >= 11 is 1.60. The van der Waals surface area contributed by atoms with Crippen LogP contribution >= 0.6 is 11.3 Å². The Morgan fingerprint density at radius 2 is 2.07 bits per heavy atom. The lowest BCUT2D eigenvalue weighted by molar-refractivity contribution is 0.0935. The number of nitrogens with one attached hydrogen (secondary N) is 2. The predicted octanol–water partition coefficient (Wildman–Crippen LogP) is 4.60. The largest absolute Gasteiger partial charge is 0.489 e. The van der Waals surface area contributed by atoms with Crippen molar-refractivity contribution in [1.29, 1.82) is 0 Å². The number of carbonyl (C=O) groups excluding carboxylic acids is 1. The molecule has 3 aromatic heterocycles. The zero-order valence-corrected chi connectivity index (χ0v) is 16.6. The second-order valence-corrected chi connectivity index (χ2v) is 7.51. The molecule has 0 saturated carbocycles. The number of thiophene rings is 1. The smallest absolute Gasteiger partial charge is 0.272 e. The first-order valence-electron chi connectivity index (χ1n) is 9.21. The first-order chi connectivity index (χ1) is 14.2. The lowest BCUT2D eigenvalue weighted by atomic mass is 10.1. The molecule has 4 rings (SSSR count). The number of aromatic nitrogens is 3. The topological polar surface area (TPSA) is 79.9 Å². The quantitative estimate of drug-likeness (QED) is 0.472. The highest BCUT2D eigenvalue weighted by Crippen LogP contribution is 2.23. The van der Waals surface area contributed by atoms with Gasteiger partial charge in [0, 0.05) is 18.0 Å². The van der Waals surface area contributed by atoms with Gasteiger partial charge in [0.2, 0.25) is 0 Å². The number of benzene rings is 1. The van der Waals surface area contributed by atoms with Gasteiger partial charge >= 0.3 is 0 Å². The summed E-state index contributed by atoms with van der Waals surface area (Å²) in [5.41, 5.74) is 3.21. The number of aromatic amines is 1. The molecule has 3 heterocycles. The molecule has 7 heteroatoms. The van der Waals surface area contributed by atoms with Gasteiger partial charge in [0.15, 0.2) is 5.69 Å².